The van der Waals surface area contributed by atoms with Crippen LogP contribution in [0.4, 0.5) is 0 Å². The molecule has 0 aliphatic heterocycles. The van der Waals surface area contributed by atoms with Gasteiger partial charge >= 0.3 is 0 Å². The zero-order valence-corrected chi connectivity index (χ0v) is 14.4. The number of nitrogens with two attached hydrogens (primary N) is 1. The van der Waals surface area contributed by atoms with E-state index in [2.05, 4.69) is 20.8 Å². The lowest BCUT2D eigenvalue weighted by Crippen LogP contribution is -2.32. The number of hydrogen-bond acceptors (Lipinski definition) is 2. The summed E-state index contributed by atoms with van der Waals surface area (Å²) in [6.45, 7) is 6.71. The number of hydrogen-bond donors (Lipinski definition) is 2. The van der Waals surface area contributed by atoms with Crippen molar-refractivity contribution in [3.8, 4) is 0 Å². The molecule has 0 saturated carbocycles. The Morgan fingerprint density at radius 3 is 1.90 bits per heavy atom. The van der Waals surface area contributed by atoms with Gasteiger partial charge in [0.25, 0.3) is 0 Å². The van der Waals surface area contributed by atoms with Crippen LogP contribution in [0.5, 0.6) is 0 Å². The Morgan fingerprint density at radius 2 is 1.48 bits per heavy atom. The van der Waals surface area contributed by atoms with Gasteiger partial charge in [-0.05, 0) is 24.7 Å². The fraction of sp³-hybridized carbons (Fsp3) is 0.944. The SMILES string of the molecule is CCCC(CO)C(CCCCCCCCC(C)C)C(N)=O. The average Bonchev–Trinajstić information content (AvgIpc) is 2.43. The van der Waals surface area contributed by atoms with Gasteiger partial charge in [0.2, 0.25) is 5.91 Å². The summed E-state index contributed by atoms with van der Waals surface area (Å²) in [6.07, 6.45) is 11.5. The van der Waals surface area contributed by atoms with Crippen LogP contribution in [0.2, 0.25) is 0 Å². The first kappa shape index (κ1) is 20.4. The van der Waals surface area contributed by atoms with Crippen LogP contribution in [0, 0.1) is 17.8 Å². The molecule has 0 radical (unpaired) electrons. The third kappa shape index (κ3) is 10.8. The lowest BCUT2D eigenvalue weighted by Gasteiger charge is -2.22. The van der Waals surface area contributed by atoms with Gasteiger partial charge in [0, 0.05) is 12.5 Å². The highest BCUT2D eigenvalue weighted by atomic mass is 16.3. The van der Waals surface area contributed by atoms with E-state index < -0.39 is 0 Å². The van der Waals surface area contributed by atoms with Gasteiger partial charge in [-0.2, -0.15) is 0 Å². The van der Waals surface area contributed by atoms with E-state index >= 15 is 0 Å². The van der Waals surface area contributed by atoms with Crippen molar-refractivity contribution in [2.45, 2.75) is 85.0 Å². The van der Waals surface area contributed by atoms with E-state index in [1.54, 1.807) is 0 Å². The quantitative estimate of drug-likeness (QED) is 0.470. The molecule has 3 nitrogen and oxygen atoms in total. The molecule has 21 heavy (non-hydrogen) atoms. The molecule has 0 spiro atoms. The molecule has 0 saturated heterocycles. The van der Waals surface area contributed by atoms with Crippen molar-refractivity contribution >= 4 is 5.91 Å². The highest BCUT2D eigenvalue weighted by Crippen LogP contribution is 2.23. The summed E-state index contributed by atoms with van der Waals surface area (Å²) in [6, 6.07) is 0. The monoisotopic (exact) mass is 299 g/mol. The summed E-state index contributed by atoms with van der Waals surface area (Å²) in [5.74, 6) is 0.490. The van der Waals surface area contributed by atoms with Gasteiger partial charge in [-0.15, -0.1) is 0 Å². The standard InChI is InChI=1S/C18H37NO2/c1-4-11-16(14-20)17(18(19)21)13-10-8-6-5-7-9-12-15(2)3/h15-17,20H,4-14H2,1-3H3,(H2,19,21). The maximum atomic E-state index is 11.6. The summed E-state index contributed by atoms with van der Waals surface area (Å²) in [5.41, 5.74) is 5.50. The summed E-state index contributed by atoms with van der Waals surface area (Å²) in [4.78, 5) is 11.6. The van der Waals surface area contributed by atoms with E-state index in [1.165, 1.54) is 38.5 Å². The molecule has 0 heterocycles. The Balaban J connectivity index is 3.77. The number of amides is 1. The predicted molar refractivity (Wildman–Crippen MR) is 89.9 cm³/mol. The maximum absolute atomic E-state index is 11.6. The predicted octanol–water partition coefficient (Wildman–Crippen LogP) is 4.27. The number of aliphatic hydroxyl groups is 1. The van der Waals surface area contributed by atoms with E-state index in [4.69, 9.17) is 5.73 Å². The second-order valence-corrected chi connectivity index (χ2v) is 6.83. The first-order valence-electron chi connectivity index (χ1n) is 8.93. The highest BCUT2D eigenvalue weighted by molar-refractivity contribution is 5.76. The molecule has 3 heteroatoms. The van der Waals surface area contributed by atoms with E-state index in [9.17, 15) is 9.90 Å². The molecule has 0 fully saturated rings. The largest absolute Gasteiger partial charge is 0.396 e. The van der Waals surface area contributed by atoms with Gasteiger partial charge < -0.3 is 10.8 Å². The minimum absolute atomic E-state index is 0.0542. The molecule has 2 atom stereocenters. The van der Waals surface area contributed by atoms with Crippen molar-refractivity contribution in [2.24, 2.45) is 23.5 Å². The molecule has 3 N–H and O–H groups in total. The fourth-order valence-electron chi connectivity index (χ4n) is 3.02. The first-order valence-corrected chi connectivity index (χ1v) is 8.93. The van der Waals surface area contributed by atoms with Crippen LogP contribution in [-0.2, 0) is 4.79 Å². The van der Waals surface area contributed by atoms with E-state index in [1.807, 2.05) is 0 Å². The molecule has 0 aromatic rings. The van der Waals surface area contributed by atoms with Crippen molar-refractivity contribution in [2.75, 3.05) is 6.61 Å². The minimum Gasteiger partial charge on any atom is -0.396 e. The van der Waals surface area contributed by atoms with Gasteiger partial charge in [0.05, 0.1) is 0 Å². The van der Waals surface area contributed by atoms with Crippen molar-refractivity contribution in [3.63, 3.8) is 0 Å². The van der Waals surface area contributed by atoms with Crippen LogP contribution in [-0.4, -0.2) is 17.6 Å². The topological polar surface area (TPSA) is 63.3 Å². The molecule has 0 rings (SSSR count). The number of unbranched alkanes of at least 4 members (excludes halogenated alkanes) is 5. The van der Waals surface area contributed by atoms with Gasteiger partial charge in [0.1, 0.15) is 0 Å². The Kier molecular flexibility index (Phi) is 12.8. The number of aliphatic hydroxyl groups excluding tert-OH is 1. The number of carbonyl (C=O) groups excluding carboxylic acids is 1. The highest BCUT2D eigenvalue weighted by Gasteiger charge is 2.24. The van der Waals surface area contributed by atoms with Crippen molar-refractivity contribution in [1.82, 2.24) is 0 Å². The van der Waals surface area contributed by atoms with Crippen LogP contribution in [0.25, 0.3) is 0 Å². The van der Waals surface area contributed by atoms with Crippen LogP contribution in [0.1, 0.15) is 85.0 Å². The fourth-order valence-corrected chi connectivity index (χ4v) is 3.02. The molecule has 0 aromatic heterocycles. The maximum Gasteiger partial charge on any atom is 0.220 e. The summed E-state index contributed by atoms with van der Waals surface area (Å²) in [7, 11) is 0. The van der Waals surface area contributed by atoms with E-state index in [-0.39, 0.29) is 24.3 Å². The minimum atomic E-state index is -0.237. The van der Waals surface area contributed by atoms with Gasteiger partial charge in [-0.3, -0.25) is 4.79 Å². The first-order chi connectivity index (χ1) is 10.0. The summed E-state index contributed by atoms with van der Waals surface area (Å²) in [5, 5.41) is 9.41. The molecule has 1 amide bonds. The van der Waals surface area contributed by atoms with Crippen LogP contribution >= 0.6 is 0 Å². The molecule has 0 aromatic carbocycles. The molecule has 0 aliphatic carbocycles. The molecule has 0 aliphatic rings. The van der Waals surface area contributed by atoms with E-state index in [0.717, 1.165) is 31.6 Å². The lowest BCUT2D eigenvalue weighted by molar-refractivity contribution is -0.124. The Hall–Kier alpha value is -0.570. The van der Waals surface area contributed by atoms with Gasteiger partial charge in [-0.1, -0.05) is 72.1 Å². The average molecular weight is 299 g/mol. The molecular formula is C18H37NO2. The lowest BCUT2D eigenvalue weighted by atomic mass is 9.84. The number of carbonyl (C=O) groups is 1. The van der Waals surface area contributed by atoms with E-state index in [0.29, 0.717) is 0 Å². The van der Waals surface area contributed by atoms with Crippen LogP contribution in [0.15, 0.2) is 0 Å². The third-order valence-corrected chi connectivity index (χ3v) is 4.38. The Labute approximate surface area is 131 Å². The summed E-state index contributed by atoms with van der Waals surface area (Å²) < 4.78 is 0. The number of primary amides is 1. The Bertz CT molecular complexity index is 254. The van der Waals surface area contributed by atoms with Gasteiger partial charge in [0.15, 0.2) is 0 Å². The molecule has 2 unspecified atom stereocenters. The van der Waals surface area contributed by atoms with Crippen LogP contribution in [0.3, 0.4) is 0 Å². The van der Waals surface area contributed by atoms with Crippen molar-refractivity contribution in [3.05, 3.63) is 0 Å². The smallest absolute Gasteiger partial charge is 0.220 e. The number of rotatable bonds is 14. The second-order valence-electron chi connectivity index (χ2n) is 6.83. The zero-order valence-electron chi connectivity index (χ0n) is 14.4. The molecule has 126 valence electrons. The van der Waals surface area contributed by atoms with Gasteiger partial charge in [-0.25, -0.2) is 0 Å². The zero-order chi connectivity index (χ0) is 16.1. The molecule has 0 bridgehead atoms. The Morgan fingerprint density at radius 1 is 0.952 bits per heavy atom. The third-order valence-electron chi connectivity index (χ3n) is 4.38. The normalized spacial score (nSPS) is 14.3. The molecular weight excluding hydrogens is 262 g/mol. The summed E-state index contributed by atoms with van der Waals surface area (Å²) >= 11 is 0. The van der Waals surface area contributed by atoms with Crippen molar-refractivity contribution in [1.29, 1.82) is 0 Å². The van der Waals surface area contributed by atoms with Crippen LogP contribution < -0.4 is 5.73 Å². The second kappa shape index (κ2) is 13.1. The van der Waals surface area contributed by atoms with Crippen molar-refractivity contribution < 1.29 is 9.90 Å².